The Kier molecular flexibility index (Phi) is 3.18. The van der Waals surface area contributed by atoms with E-state index in [1.807, 2.05) is 33.8 Å². The number of pyridine rings is 1. The zero-order valence-corrected chi connectivity index (χ0v) is 11.2. The van der Waals surface area contributed by atoms with Gasteiger partial charge in [-0.1, -0.05) is 0 Å². The summed E-state index contributed by atoms with van der Waals surface area (Å²) < 4.78 is 11.9. The van der Waals surface area contributed by atoms with Gasteiger partial charge in [0.1, 0.15) is 0 Å². The first-order chi connectivity index (χ1) is 8.36. The number of rotatable bonds is 2. The highest BCUT2D eigenvalue weighted by atomic mass is 16.7. The second-order valence-electron chi connectivity index (χ2n) is 5.53. The highest BCUT2D eigenvalue weighted by Crippen LogP contribution is 2.36. The summed E-state index contributed by atoms with van der Waals surface area (Å²) in [6.07, 6.45) is 3.43. The van der Waals surface area contributed by atoms with Crippen LogP contribution in [0.3, 0.4) is 0 Å². The first-order valence-corrected chi connectivity index (χ1v) is 5.98. The predicted octanol–water partition coefficient (Wildman–Crippen LogP) is 1.80. The van der Waals surface area contributed by atoms with E-state index >= 15 is 0 Å². The fourth-order valence-electron chi connectivity index (χ4n) is 1.79. The molecular weight excluding hydrogens is 227 g/mol. The highest BCUT2D eigenvalue weighted by molar-refractivity contribution is 6.62. The maximum Gasteiger partial charge on any atom is 0.496 e. The second-order valence-corrected chi connectivity index (χ2v) is 5.53. The summed E-state index contributed by atoms with van der Waals surface area (Å²) >= 11 is 0. The first-order valence-electron chi connectivity index (χ1n) is 5.98. The Labute approximate surface area is 108 Å². The lowest BCUT2D eigenvalue weighted by Crippen LogP contribution is -2.41. The highest BCUT2D eigenvalue weighted by Gasteiger charge is 2.51. The lowest BCUT2D eigenvalue weighted by Gasteiger charge is -2.32. The van der Waals surface area contributed by atoms with E-state index in [9.17, 15) is 0 Å². The van der Waals surface area contributed by atoms with Gasteiger partial charge in [-0.2, -0.15) is 0 Å². The summed E-state index contributed by atoms with van der Waals surface area (Å²) in [5.41, 5.74) is 1.05. The van der Waals surface area contributed by atoms with Crippen LogP contribution in [0.2, 0.25) is 0 Å². The molecule has 2 rings (SSSR count). The fraction of sp³-hybridized carbons (Fsp3) is 0.538. The molecule has 0 spiro atoms. The Morgan fingerprint density at radius 3 is 2.39 bits per heavy atom. The molecule has 0 aromatic carbocycles. The molecule has 1 fully saturated rings. The van der Waals surface area contributed by atoms with Crippen LogP contribution in [0.25, 0.3) is 4.85 Å². The molecule has 94 valence electrons. The van der Waals surface area contributed by atoms with Crippen LogP contribution < -0.4 is 5.46 Å². The summed E-state index contributed by atoms with van der Waals surface area (Å²) in [7, 11) is -0.409. The van der Waals surface area contributed by atoms with E-state index < -0.39 is 7.12 Å². The zero-order chi connectivity index (χ0) is 13.4. The molecule has 18 heavy (non-hydrogen) atoms. The smallest absolute Gasteiger partial charge is 0.399 e. The molecule has 2 heterocycles. The van der Waals surface area contributed by atoms with E-state index in [1.54, 1.807) is 12.4 Å². The van der Waals surface area contributed by atoms with Crippen LogP contribution in [0.15, 0.2) is 18.5 Å². The zero-order valence-electron chi connectivity index (χ0n) is 11.2. The summed E-state index contributed by atoms with van der Waals surface area (Å²) in [4.78, 5) is 7.50. The molecule has 0 saturated carbocycles. The van der Waals surface area contributed by atoms with Crippen molar-refractivity contribution in [2.75, 3.05) is 0 Å². The van der Waals surface area contributed by atoms with Gasteiger partial charge in [-0.25, -0.2) is 6.57 Å². The standard InChI is InChI=1S/C13H17BN2O2/c1-12(2)13(3,4)18-14(17-12)11-6-10(7-15-5)8-16-9-11/h6,8-9H,7H2,1-4H3. The summed E-state index contributed by atoms with van der Waals surface area (Å²) in [5, 5.41) is 0. The van der Waals surface area contributed by atoms with E-state index in [2.05, 4.69) is 9.83 Å². The summed E-state index contributed by atoms with van der Waals surface area (Å²) in [6, 6.07) is 1.92. The molecule has 1 aliphatic heterocycles. The molecule has 0 N–H and O–H groups in total. The topological polar surface area (TPSA) is 35.7 Å². The monoisotopic (exact) mass is 244 g/mol. The van der Waals surface area contributed by atoms with E-state index in [0.717, 1.165) is 11.0 Å². The van der Waals surface area contributed by atoms with Crippen LogP contribution in [0.5, 0.6) is 0 Å². The molecule has 0 radical (unpaired) electrons. The molecule has 1 saturated heterocycles. The molecule has 1 aromatic heterocycles. The molecule has 0 bridgehead atoms. The van der Waals surface area contributed by atoms with Crippen molar-refractivity contribution in [2.45, 2.75) is 45.4 Å². The molecule has 0 unspecified atom stereocenters. The van der Waals surface area contributed by atoms with Gasteiger partial charge < -0.3 is 14.2 Å². The van der Waals surface area contributed by atoms with Crippen LogP contribution in [0, 0.1) is 6.57 Å². The van der Waals surface area contributed by atoms with E-state index in [1.165, 1.54) is 0 Å². The minimum atomic E-state index is -0.409. The fourth-order valence-corrected chi connectivity index (χ4v) is 1.79. The third-order valence-corrected chi connectivity index (χ3v) is 3.60. The quantitative estimate of drug-likeness (QED) is 0.587. The molecule has 0 atom stereocenters. The van der Waals surface area contributed by atoms with Crippen molar-refractivity contribution in [2.24, 2.45) is 0 Å². The van der Waals surface area contributed by atoms with Crippen molar-refractivity contribution < 1.29 is 9.31 Å². The lowest BCUT2D eigenvalue weighted by atomic mass is 9.80. The second kappa shape index (κ2) is 4.38. The van der Waals surface area contributed by atoms with Gasteiger partial charge in [0, 0.05) is 23.4 Å². The van der Waals surface area contributed by atoms with Crippen molar-refractivity contribution in [3.63, 3.8) is 0 Å². The minimum absolute atomic E-state index is 0.334. The Hall–Kier alpha value is -1.38. The van der Waals surface area contributed by atoms with Gasteiger partial charge in [0.2, 0.25) is 6.54 Å². The SMILES string of the molecule is [C-]#[N+]Cc1cncc(B2OC(C)(C)C(C)(C)O2)c1. The van der Waals surface area contributed by atoms with Gasteiger partial charge in [-0.05, 0) is 33.8 Å². The average Bonchev–Trinajstić information content (AvgIpc) is 2.49. The third-order valence-electron chi connectivity index (χ3n) is 3.60. The van der Waals surface area contributed by atoms with Crippen LogP contribution >= 0.6 is 0 Å². The Morgan fingerprint density at radius 1 is 1.22 bits per heavy atom. The van der Waals surface area contributed by atoms with Crippen molar-refractivity contribution in [3.05, 3.63) is 35.4 Å². The van der Waals surface area contributed by atoms with Gasteiger partial charge in [-0.15, -0.1) is 0 Å². The number of hydrogen-bond acceptors (Lipinski definition) is 3. The van der Waals surface area contributed by atoms with Gasteiger partial charge in [-0.3, -0.25) is 4.98 Å². The molecule has 4 nitrogen and oxygen atoms in total. The predicted molar refractivity (Wildman–Crippen MR) is 70.3 cm³/mol. The molecular formula is C13H17BN2O2. The van der Waals surface area contributed by atoms with Crippen molar-refractivity contribution in [1.29, 1.82) is 0 Å². The molecule has 1 aliphatic rings. The third kappa shape index (κ3) is 2.26. The van der Waals surface area contributed by atoms with Gasteiger partial charge >= 0.3 is 7.12 Å². The van der Waals surface area contributed by atoms with Crippen molar-refractivity contribution >= 4 is 12.6 Å². The maximum absolute atomic E-state index is 6.88. The van der Waals surface area contributed by atoms with Gasteiger partial charge in [0.05, 0.1) is 11.2 Å². The molecule has 1 aromatic rings. The van der Waals surface area contributed by atoms with Crippen molar-refractivity contribution in [3.8, 4) is 0 Å². The van der Waals surface area contributed by atoms with Crippen LogP contribution in [-0.2, 0) is 15.9 Å². The van der Waals surface area contributed by atoms with Crippen LogP contribution in [0.1, 0.15) is 33.3 Å². The van der Waals surface area contributed by atoms with Gasteiger partial charge in [0.15, 0.2) is 0 Å². The summed E-state index contributed by atoms with van der Waals surface area (Å²) in [5.74, 6) is 0. The van der Waals surface area contributed by atoms with E-state index in [0.29, 0.717) is 6.54 Å². The molecule has 0 aliphatic carbocycles. The number of hydrogen-bond donors (Lipinski definition) is 0. The lowest BCUT2D eigenvalue weighted by molar-refractivity contribution is 0.00578. The van der Waals surface area contributed by atoms with Crippen LogP contribution in [0.4, 0.5) is 0 Å². The summed E-state index contributed by atoms with van der Waals surface area (Å²) in [6.45, 7) is 15.3. The maximum atomic E-state index is 6.88. The van der Waals surface area contributed by atoms with Crippen LogP contribution in [-0.4, -0.2) is 23.3 Å². The van der Waals surface area contributed by atoms with Crippen molar-refractivity contribution in [1.82, 2.24) is 4.98 Å². The van der Waals surface area contributed by atoms with Gasteiger partial charge in [0.25, 0.3) is 0 Å². The Bertz CT molecular complexity index is 478. The Balaban J connectivity index is 2.24. The number of nitrogens with zero attached hydrogens (tertiary/aromatic N) is 2. The van der Waals surface area contributed by atoms with E-state index in [4.69, 9.17) is 15.9 Å². The molecule has 5 heteroatoms. The van der Waals surface area contributed by atoms with E-state index in [-0.39, 0.29) is 11.2 Å². The Morgan fingerprint density at radius 2 is 1.83 bits per heavy atom. The average molecular weight is 244 g/mol. The normalized spacial score (nSPS) is 20.7. The first kappa shape index (κ1) is 13.1. The number of aromatic nitrogens is 1. The largest absolute Gasteiger partial charge is 0.496 e. The molecule has 0 amide bonds. The minimum Gasteiger partial charge on any atom is -0.399 e.